The van der Waals surface area contributed by atoms with Crippen LogP contribution in [0.2, 0.25) is 5.15 Å². The van der Waals surface area contributed by atoms with E-state index in [2.05, 4.69) is 9.97 Å². The van der Waals surface area contributed by atoms with Gasteiger partial charge in [0.1, 0.15) is 22.5 Å². The molecule has 0 atom stereocenters. The molecule has 0 bridgehead atoms. The molecule has 0 amide bonds. The van der Waals surface area contributed by atoms with Crippen LogP contribution in [0.5, 0.6) is 5.75 Å². The summed E-state index contributed by atoms with van der Waals surface area (Å²) in [5, 5.41) is 0.380. The fourth-order valence-corrected chi connectivity index (χ4v) is 2.07. The molecule has 2 rings (SSSR count). The lowest BCUT2D eigenvalue weighted by Crippen LogP contribution is -2.03. The van der Waals surface area contributed by atoms with Crippen molar-refractivity contribution in [2.24, 2.45) is 0 Å². The van der Waals surface area contributed by atoms with Crippen LogP contribution in [0.4, 0.5) is 4.39 Å². The molecule has 1 aromatic heterocycles. The maximum atomic E-state index is 13.5. The van der Waals surface area contributed by atoms with Crippen LogP contribution in [0.3, 0.4) is 0 Å². The Morgan fingerprint density at radius 3 is 2.55 bits per heavy atom. The lowest BCUT2D eigenvalue weighted by molar-refractivity contribution is 0.415. The highest BCUT2D eigenvalue weighted by atomic mass is 35.5. The van der Waals surface area contributed by atoms with Crippen LogP contribution >= 0.6 is 11.6 Å². The molecule has 1 aromatic carbocycles. The third kappa shape index (κ3) is 2.75. The molecule has 3 nitrogen and oxygen atoms in total. The monoisotopic (exact) mass is 294 g/mol. The molecule has 0 fully saturated rings. The van der Waals surface area contributed by atoms with Crippen LogP contribution in [0.1, 0.15) is 31.2 Å². The van der Waals surface area contributed by atoms with Crippen LogP contribution in [0, 0.1) is 12.7 Å². The Morgan fingerprint density at radius 1 is 1.25 bits per heavy atom. The van der Waals surface area contributed by atoms with Crippen molar-refractivity contribution in [3.63, 3.8) is 0 Å². The van der Waals surface area contributed by atoms with Crippen molar-refractivity contribution in [2.75, 3.05) is 7.11 Å². The maximum Gasteiger partial charge on any atom is 0.136 e. The van der Waals surface area contributed by atoms with Gasteiger partial charge in [-0.2, -0.15) is 0 Å². The number of benzene rings is 1. The Bertz CT molecular complexity index is 644. The van der Waals surface area contributed by atoms with Crippen molar-refractivity contribution in [1.29, 1.82) is 0 Å². The molecule has 2 aromatic rings. The number of hydrogen-bond acceptors (Lipinski definition) is 3. The van der Waals surface area contributed by atoms with Gasteiger partial charge in [0.05, 0.1) is 12.8 Å². The zero-order chi connectivity index (χ0) is 14.9. The zero-order valence-corrected chi connectivity index (χ0v) is 12.6. The summed E-state index contributed by atoms with van der Waals surface area (Å²) in [6.45, 7) is 5.77. The number of methoxy groups -OCH3 is 1. The summed E-state index contributed by atoms with van der Waals surface area (Å²) in [4.78, 5) is 8.77. The highest BCUT2D eigenvalue weighted by Gasteiger charge is 2.17. The highest BCUT2D eigenvalue weighted by molar-refractivity contribution is 6.30. The van der Waals surface area contributed by atoms with Gasteiger partial charge >= 0.3 is 0 Å². The van der Waals surface area contributed by atoms with Gasteiger partial charge in [0.2, 0.25) is 0 Å². The van der Waals surface area contributed by atoms with Crippen molar-refractivity contribution in [2.45, 2.75) is 26.7 Å². The van der Waals surface area contributed by atoms with Gasteiger partial charge in [-0.1, -0.05) is 25.4 Å². The van der Waals surface area contributed by atoms with Gasteiger partial charge in [0, 0.05) is 17.0 Å². The van der Waals surface area contributed by atoms with Gasteiger partial charge < -0.3 is 4.74 Å². The van der Waals surface area contributed by atoms with E-state index in [0.29, 0.717) is 33.5 Å². The second-order valence-electron chi connectivity index (χ2n) is 4.85. The van der Waals surface area contributed by atoms with E-state index in [1.54, 1.807) is 6.07 Å². The predicted molar refractivity (Wildman–Crippen MR) is 77.8 cm³/mol. The number of halogens is 2. The fourth-order valence-electron chi connectivity index (χ4n) is 1.89. The first-order chi connectivity index (χ1) is 9.43. The zero-order valence-electron chi connectivity index (χ0n) is 11.9. The summed E-state index contributed by atoms with van der Waals surface area (Å²) in [6.07, 6.45) is 0. The van der Waals surface area contributed by atoms with Crippen LogP contribution in [-0.2, 0) is 0 Å². The van der Waals surface area contributed by atoms with E-state index in [1.807, 2.05) is 20.8 Å². The number of rotatable bonds is 3. The Hall–Kier alpha value is -1.68. The Balaban J connectivity index is 2.71. The molecule has 0 N–H and O–H groups in total. The van der Waals surface area contributed by atoms with E-state index in [9.17, 15) is 4.39 Å². The SMILES string of the molecule is COc1ccc(F)cc1-c1nc(C(C)C)nc(Cl)c1C. The number of hydrogen-bond donors (Lipinski definition) is 0. The average Bonchev–Trinajstić information content (AvgIpc) is 2.41. The van der Waals surface area contributed by atoms with Crippen molar-refractivity contribution < 1.29 is 9.13 Å². The molecule has 0 saturated carbocycles. The summed E-state index contributed by atoms with van der Waals surface area (Å²) < 4.78 is 18.8. The van der Waals surface area contributed by atoms with Crippen molar-refractivity contribution in [3.05, 3.63) is 40.6 Å². The number of aromatic nitrogens is 2. The van der Waals surface area contributed by atoms with Gasteiger partial charge in [-0.25, -0.2) is 14.4 Å². The first kappa shape index (κ1) is 14.7. The first-order valence-electron chi connectivity index (χ1n) is 6.32. The van der Waals surface area contributed by atoms with Gasteiger partial charge in [-0.3, -0.25) is 0 Å². The quantitative estimate of drug-likeness (QED) is 0.788. The van der Waals surface area contributed by atoms with Gasteiger partial charge in [-0.15, -0.1) is 0 Å². The summed E-state index contributed by atoms with van der Waals surface area (Å²) in [7, 11) is 1.54. The van der Waals surface area contributed by atoms with E-state index in [1.165, 1.54) is 19.2 Å². The highest BCUT2D eigenvalue weighted by Crippen LogP contribution is 2.34. The van der Waals surface area contributed by atoms with Crippen molar-refractivity contribution in [3.8, 4) is 17.0 Å². The maximum absolute atomic E-state index is 13.5. The van der Waals surface area contributed by atoms with E-state index in [0.717, 1.165) is 0 Å². The third-order valence-electron chi connectivity index (χ3n) is 3.04. The largest absolute Gasteiger partial charge is 0.496 e. The summed E-state index contributed by atoms with van der Waals surface area (Å²) in [5.41, 5.74) is 1.89. The molecule has 0 aliphatic carbocycles. The standard InChI is InChI=1S/C15H16ClFN2O/c1-8(2)15-18-13(9(3)14(16)19-15)11-7-10(17)5-6-12(11)20-4/h5-8H,1-4H3. The molecule has 0 unspecified atom stereocenters. The minimum absolute atomic E-state index is 0.131. The third-order valence-corrected chi connectivity index (χ3v) is 3.40. The molecule has 1 heterocycles. The fraction of sp³-hybridized carbons (Fsp3) is 0.333. The van der Waals surface area contributed by atoms with Crippen molar-refractivity contribution in [1.82, 2.24) is 9.97 Å². The van der Waals surface area contributed by atoms with Gasteiger partial charge in [0.15, 0.2) is 0 Å². The molecule has 0 aliphatic heterocycles. The minimum atomic E-state index is -0.346. The van der Waals surface area contributed by atoms with Gasteiger partial charge in [0.25, 0.3) is 0 Å². The van der Waals surface area contributed by atoms with Crippen LogP contribution in [-0.4, -0.2) is 17.1 Å². The summed E-state index contributed by atoms with van der Waals surface area (Å²) >= 11 is 6.16. The van der Waals surface area contributed by atoms with E-state index in [-0.39, 0.29) is 11.7 Å². The molecule has 0 radical (unpaired) electrons. The molecular formula is C15H16ClFN2O. The topological polar surface area (TPSA) is 35.0 Å². The molecule has 5 heteroatoms. The Kier molecular flexibility index (Phi) is 4.23. The lowest BCUT2D eigenvalue weighted by atomic mass is 10.1. The number of nitrogens with zero attached hydrogens (tertiary/aromatic N) is 2. The minimum Gasteiger partial charge on any atom is -0.496 e. The van der Waals surface area contributed by atoms with Crippen molar-refractivity contribution >= 4 is 11.6 Å². The molecule has 106 valence electrons. The van der Waals surface area contributed by atoms with E-state index in [4.69, 9.17) is 16.3 Å². The number of ether oxygens (including phenoxy) is 1. The van der Waals surface area contributed by atoms with E-state index >= 15 is 0 Å². The normalized spacial score (nSPS) is 10.9. The molecule has 0 saturated heterocycles. The smallest absolute Gasteiger partial charge is 0.136 e. The Labute approximate surface area is 122 Å². The van der Waals surface area contributed by atoms with Crippen LogP contribution < -0.4 is 4.74 Å². The molecule has 0 spiro atoms. The summed E-state index contributed by atoms with van der Waals surface area (Å²) in [5.74, 6) is 0.966. The average molecular weight is 295 g/mol. The second kappa shape index (κ2) is 5.75. The molecule has 20 heavy (non-hydrogen) atoms. The second-order valence-corrected chi connectivity index (χ2v) is 5.20. The Morgan fingerprint density at radius 2 is 1.95 bits per heavy atom. The summed E-state index contributed by atoms with van der Waals surface area (Å²) in [6, 6.07) is 4.33. The molecular weight excluding hydrogens is 279 g/mol. The lowest BCUT2D eigenvalue weighted by Gasteiger charge is -2.14. The van der Waals surface area contributed by atoms with Gasteiger partial charge in [-0.05, 0) is 25.1 Å². The molecule has 0 aliphatic rings. The van der Waals surface area contributed by atoms with Crippen LogP contribution in [0.25, 0.3) is 11.3 Å². The van der Waals surface area contributed by atoms with Crippen LogP contribution in [0.15, 0.2) is 18.2 Å². The first-order valence-corrected chi connectivity index (χ1v) is 6.69. The van der Waals surface area contributed by atoms with E-state index < -0.39 is 0 Å². The predicted octanol–water partition coefficient (Wildman–Crippen LogP) is 4.38.